The Labute approximate surface area is 136 Å². The number of rotatable bonds is 5. The zero-order valence-electron chi connectivity index (χ0n) is 13.5. The van der Waals surface area contributed by atoms with Gasteiger partial charge in [-0.1, -0.05) is 25.7 Å². The molecule has 0 bridgehead atoms. The molecule has 1 aliphatic heterocycles. The van der Waals surface area contributed by atoms with Gasteiger partial charge in [0.15, 0.2) is 6.10 Å². The molecular formula is C17H23NO3S. The second-order valence-electron chi connectivity index (χ2n) is 5.19. The van der Waals surface area contributed by atoms with E-state index in [0.29, 0.717) is 18.0 Å². The average Bonchev–Trinajstić information content (AvgIpc) is 2.95. The molecule has 0 saturated carbocycles. The Morgan fingerprint density at radius 2 is 2.27 bits per heavy atom. The van der Waals surface area contributed by atoms with E-state index in [2.05, 4.69) is 30.6 Å². The molecule has 2 heterocycles. The standard InChI is InChI=1S/C17H23NO3S/c1-4-18(5-2)9-6-7-13(3)21-17(19)16-11-14-12-20-10-8-15(14)22-16/h11,13H,4-5,8-10,12H2,1-3H3/t13-/m1/s1. The van der Waals surface area contributed by atoms with Crippen molar-refractivity contribution in [2.75, 3.05) is 26.2 Å². The van der Waals surface area contributed by atoms with Gasteiger partial charge < -0.3 is 9.47 Å². The lowest BCUT2D eigenvalue weighted by atomic mass is 10.2. The first-order chi connectivity index (χ1) is 10.6. The molecule has 0 amide bonds. The summed E-state index contributed by atoms with van der Waals surface area (Å²) in [5.74, 6) is 5.78. The van der Waals surface area contributed by atoms with Crippen molar-refractivity contribution in [3.8, 4) is 11.8 Å². The summed E-state index contributed by atoms with van der Waals surface area (Å²) in [5.41, 5.74) is 1.11. The summed E-state index contributed by atoms with van der Waals surface area (Å²) < 4.78 is 10.8. The van der Waals surface area contributed by atoms with E-state index < -0.39 is 6.10 Å². The number of fused-ring (bicyclic) bond motifs is 1. The van der Waals surface area contributed by atoms with E-state index in [9.17, 15) is 4.79 Å². The molecule has 0 unspecified atom stereocenters. The number of hydrogen-bond donors (Lipinski definition) is 0. The first-order valence-electron chi connectivity index (χ1n) is 7.75. The summed E-state index contributed by atoms with van der Waals surface area (Å²) in [7, 11) is 0. The van der Waals surface area contributed by atoms with Crippen LogP contribution in [0, 0.1) is 11.8 Å². The van der Waals surface area contributed by atoms with Crippen LogP contribution in [0.2, 0.25) is 0 Å². The number of thiophene rings is 1. The van der Waals surface area contributed by atoms with E-state index in [4.69, 9.17) is 9.47 Å². The topological polar surface area (TPSA) is 38.8 Å². The minimum atomic E-state index is -0.390. The molecule has 1 aromatic heterocycles. The predicted molar refractivity (Wildman–Crippen MR) is 88.1 cm³/mol. The first kappa shape index (κ1) is 17.0. The van der Waals surface area contributed by atoms with Crippen LogP contribution >= 0.6 is 11.3 Å². The van der Waals surface area contributed by atoms with Gasteiger partial charge in [-0.05, 0) is 31.6 Å². The van der Waals surface area contributed by atoms with E-state index in [-0.39, 0.29) is 5.97 Å². The monoisotopic (exact) mass is 321 g/mol. The van der Waals surface area contributed by atoms with Gasteiger partial charge in [-0.2, -0.15) is 0 Å². The number of nitrogens with zero attached hydrogens (tertiary/aromatic N) is 1. The Morgan fingerprint density at radius 1 is 1.50 bits per heavy atom. The average molecular weight is 321 g/mol. The van der Waals surface area contributed by atoms with Crippen molar-refractivity contribution in [1.82, 2.24) is 4.90 Å². The minimum absolute atomic E-state index is 0.288. The van der Waals surface area contributed by atoms with Gasteiger partial charge in [0.1, 0.15) is 4.88 Å². The van der Waals surface area contributed by atoms with Crippen LogP contribution in [-0.2, 0) is 22.5 Å². The molecule has 0 N–H and O–H groups in total. The Kier molecular flexibility index (Phi) is 6.44. The molecule has 22 heavy (non-hydrogen) atoms. The normalized spacial score (nSPS) is 14.9. The molecule has 1 aromatic rings. The molecule has 2 rings (SSSR count). The summed E-state index contributed by atoms with van der Waals surface area (Å²) in [6.45, 7) is 10.0. The summed E-state index contributed by atoms with van der Waals surface area (Å²) in [6.07, 6.45) is 0.491. The highest BCUT2D eigenvalue weighted by atomic mass is 32.1. The first-order valence-corrected chi connectivity index (χ1v) is 8.56. The maximum absolute atomic E-state index is 12.2. The highest BCUT2D eigenvalue weighted by Gasteiger charge is 2.19. The van der Waals surface area contributed by atoms with Gasteiger partial charge in [0.05, 0.1) is 19.8 Å². The fourth-order valence-corrected chi connectivity index (χ4v) is 3.28. The largest absolute Gasteiger partial charge is 0.445 e. The molecule has 0 saturated heterocycles. The summed E-state index contributed by atoms with van der Waals surface area (Å²) in [5, 5.41) is 0. The third kappa shape index (κ3) is 4.57. The molecule has 1 aliphatic rings. The lowest BCUT2D eigenvalue weighted by Gasteiger charge is -2.13. The van der Waals surface area contributed by atoms with E-state index in [1.165, 1.54) is 16.2 Å². The van der Waals surface area contributed by atoms with Crippen LogP contribution in [0.5, 0.6) is 0 Å². The van der Waals surface area contributed by atoms with Gasteiger partial charge in [-0.3, -0.25) is 4.90 Å². The van der Waals surface area contributed by atoms with Crippen molar-refractivity contribution < 1.29 is 14.3 Å². The fourth-order valence-electron chi connectivity index (χ4n) is 2.24. The van der Waals surface area contributed by atoms with Gasteiger partial charge in [0.25, 0.3) is 0 Å². The number of ether oxygens (including phenoxy) is 2. The minimum Gasteiger partial charge on any atom is -0.445 e. The Hall–Kier alpha value is -1.35. The van der Waals surface area contributed by atoms with E-state index >= 15 is 0 Å². The smallest absolute Gasteiger partial charge is 0.349 e. The highest BCUT2D eigenvalue weighted by molar-refractivity contribution is 7.14. The maximum atomic E-state index is 12.2. The van der Waals surface area contributed by atoms with Gasteiger partial charge in [0, 0.05) is 11.3 Å². The van der Waals surface area contributed by atoms with Crippen LogP contribution < -0.4 is 0 Å². The van der Waals surface area contributed by atoms with Crippen LogP contribution in [0.15, 0.2) is 6.07 Å². The number of esters is 1. The van der Waals surface area contributed by atoms with Crippen molar-refractivity contribution in [3.05, 3.63) is 21.4 Å². The molecule has 0 radical (unpaired) electrons. The van der Waals surface area contributed by atoms with Crippen LogP contribution in [0.3, 0.4) is 0 Å². The second kappa shape index (κ2) is 8.33. The molecule has 120 valence electrons. The van der Waals surface area contributed by atoms with Crippen LogP contribution in [0.25, 0.3) is 0 Å². The molecule has 0 aromatic carbocycles. The van der Waals surface area contributed by atoms with Crippen LogP contribution in [0.1, 0.15) is 40.9 Å². The molecule has 4 nitrogen and oxygen atoms in total. The Balaban J connectivity index is 1.88. The Bertz CT molecular complexity index is 543. The summed E-state index contributed by atoms with van der Waals surface area (Å²) in [6, 6.07) is 1.89. The van der Waals surface area contributed by atoms with Gasteiger partial charge in [-0.25, -0.2) is 4.79 Å². The molecular weight excluding hydrogens is 298 g/mol. The zero-order chi connectivity index (χ0) is 15.9. The van der Waals surface area contributed by atoms with Gasteiger partial charge >= 0.3 is 5.97 Å². The number of carbonyl (C=O) groups is 1. The zero-order valence-corrected chi connectivity index (χ0v) is 14.3. The summed E-state index contributed by atoms with van der Waals surface area (Å²) in [4.78, 5) is 16.2. The van der Waals surface area contributed by atoms with Crippen molar-refractivity contribution >= 4 is 17.3 Å². The molecule has 0 fully saturated rings. The second-order valence-corrected chi connectivity index (χ2v) is 6.33. The number of carbonyl (C=O) groups excluding carboxylic acids is 1. The predicted octanol–water partition coefficient (Wildman–Crippen LogP) is 2.71. The fraction of sp³-hybridized carbons (Fsp3) is 0.588. The van der Waals surface area contributed by atoms with Gasteiger partial charge in [0.2, 0.25) is 0 Å². The van der Waals surface area contributed by atoms with E-state index in [1.807, 2.05) is 13.0 Å². The van der Waals surface area contributed by atoms with E-state index in [1.54, 1.807) is 0 Å². The van der Waals surface area contributed by atoms with Gasteiger partial charge in [-0.15, -0.1) is 11.3 Å². The lowest BCUT2D eigenvalue weighted by Crippen LogP contribution is -2.23. The number of hydrogen-bond acceptors (Lipinski definition) is 5. The highest BCUT2D eigenvalue weighted by Crippen LogP contribution is 2.27. The lowest BCUT2D eigenvalue weighted by molar-refractivity contribution is 0.0444. The van der Waals surface area contributed by atoms with Crippen LogP contribution in [-0.4, -0.2) is 43.2 Å². The molecule has 5 heteroatoms. The maximum Gasteiger partial charge on any atom is 0.349 e. The molecule has 0 aliphatic carbocycles. The Morgan fingerprint density at radius 3 is 2.95 bits per heavy atom. The van der Waals surface area contributed by atoms with Crippen molar-refractivity contribution in [2.45, 2.75) is 39.9 Å². The van der Waals surface area contributed by atoms with Crippen molar-refractivity contribution in [3.63, 3.8) is 0 Å². The van der Waals surface area contributed by atoms with Crippen LogP contribution in [0.4, 0.5) is 0 Å². The third-order valence-electron chi connectivity index (χ3n) is 3.62. The third-order valence-corrected chi connectivity index (χ3v) is 4.83. The quantitative estimate of drug-likeness (QED) is 0.617. The molecule has 0 spiro atoms. The van der Waals surface area contributed by atoms with Crippen molar-refractivity contribution in [1.29, 1.82) is 0 Å². The van der Waals surface area contributed by atoms with E-state index in [0.717, 1.165) is 31.7 Å². The molecule has 1 atom stereocenters. The van der Waals surface area contributed by atoms with Crippen molar-refractivity contribution in [2.24, 2.45) is 0 Å². The SMILES string of the molecule is CCN(CC)CC#C[C@@H](C)OC(=O)c1cc2c(s1)CCOC2. The summed E-state index contributed by atoms with van der Waals surface area (Å²) >= 11 is 1.51.